The van der Waals surface area contributed by atoms with Crippen LogP contribution >= 0.6 is 0 Å². The number of benzene rings is 1. The molecular formula is C28H34FN3O4. The molecule has 0 aromatic heterocycles. The highest BCUT2D eigenvalue weighted by atomic mass is 19.1. The lowest BCUT2D eigenvalue weighted by Gasteiger charge is -2.37. The summed E-state index contributed by atoms with van der Waals surface area (Å²) in [7, 11) is 0. The van der Waals surface area contributed by atoms with Gasteiger partial charge in [-0.2, -0.15) is 0 Å². The van der Waals surface area contributed by atoms with Crippen LogP contribution in [0, 0.1) is 17.7 Å². The van der Waals surface area contributed by atoms with Gasteiger partial charge in [-0.1, -0.05) is 38.1 Å². The molecule has 8 heteroatoms. The Kier molecular flexibility index (Phi) is 8.17. The van der Waals surface area contributed by atoms with Crippen molar-refractivity contribution in [2.24, 2.45) is 17.6 Å². The molecule has 0 spiro atoms. The van der Waals surface area contributed by atoms with E-state index in [1.165, 1.54) is 24.3 Å². The van der Waals surface area contributed by atoms with Crippen molar-refractivity contribution in [1.82, 2.24) is 10.2 Å². The summed E-state index contributed by atoms with van der Waals surface area (Å²) in [6.07, 6.45) is 6.05. The largest absolute Gasteiger partial charge is 0.444 e. The fourth-order valence-corrected chi connectivity index (χ4v) is 4.22. The summed E-state index contributed by atoms with van der Waals surface area (Å²) in [5.41, 5.74) is 8.55. The van der Waals surface area contributed by atoms with Crippen LogP contribution in [0.1, 0.15) is 46.6 Å². The van der Waals surface area contributed by atoms with E-state index in [0.717, 1.165) is 28.0 Å². The smallest absolute Gasteiger partial charge is 0.407 e. The van der Waals surface area contributed by atoms with Gasteiger partial charge in [-0.15, -0.1) is 0 Å². The Morgan fingerprint density at radius 2 is 1.92 bits per heavy atom. The molecule has 2 amide bonds. The highest BCUT2D eigenvalue weighted by molar-refractivity contribution is 5.98. The summed E-state index contributed by atoms with van der Waals surface area (Å²) in [4.78, 5) is 38.7. The Morgan fingerprint density at radius 1 is 1.25 bits per heavy atom. The maximum Gasteiger partial charge on any atom is 0.407 e. The molecule has 1 heterocycles. The second-order valence-electron chi connectivity index (χ2n) is 10.4. The van der Waals surface area contributed by atoms with E-state index in [1.54, 1.807) is 39.0 Å². The molecule has 2 aliphatic rings. The highest BCUT2D eigenvalue weighted by Crippen LogP contribution is 2.42. The van der Waals surface area contributed by atoms with Gasteiger partial charge < -0.3 is 20.7 Å². The minimum Gasteiger partial charge on any atom is -0.444 e. The molecule has 1 aliphatic carbocycles. The molecular weight excluding hydrogens is 461 g/mol. The summed E-state index contributed by atoms with van der Waals surface area (Å²) < 4.78 is 19.2. The zero-order chi connectivity index (χ0) is 26.6. The monoisotopic (exact) mass is 495 g/mol. The number of amides is 2. The van der Waals surface area contributed by atoms with Crippen molar-refractivity contribution in [1.29, 1.82) is 0 Å². The Labute approximate surface area is 211 Å². The van der Waals surface area contributed by atoms with Gasteiger partial charge >= 0.3 is 6.09 Å². The number of carbonyl (C=O) groups excluding carboxylic acids is 3. The van der Waals surface area contributed by atoms with Gasteiger partial charge in [0.1, 0.15) is 17.2 Å². The quantitative estimate of drug-likeness (QED) is 0.544. The molecule has 1 aromatic carbocycles. The average molecular weight is 496 g/mol. The van der Waals surface area contributed by atoms with E-state index in [4.69, 9.17) is 10.5 Å². The van der Waals surface area contributed by atoms with Gasteiger partial charge in [0.2, 0.25) is 5.91 Å². The number of carbonyl (C=O) groups is 3. The highest BCUT2D eigenvalue weighted by Gasteiger charge is 2.33. The number of hydrogen-bond donors (Lipinski definition) is 2. The molecule has 1 aliphatic heterocycles. The van der Waals surface area contributed by atoms with E-state index in [0.29, 0.717) is 6.54 Å². The number of halogens is 1. The molecule has 1 atom stereocenters. The van der Waals surface area contributed by atoms with Crippen LogP contribution in [0.4, 0.5) is 9.18 Å². The number of allylic oxidation sites excluding steroid dienone is 5. The Hall–Kier alpha value is -3.68. The van der Waals surface area contributed by atoms with Crippen molar-refractivity contribution in [2.45, 2.75) is 46.6 Å². The Balaban J connectivity index is 2.15. The van der Waals surface area contributed by atoms with Gasteiger partial charge in [-0.25, -0.2) is 9.18 Å². The number of Topliss-reactive ketones (excluding diaryl/α,β-unsaturated/α-hetero) is 1. The lowest BCUT2D eigenvalue weighted by molar-refractivity contribution is -0.119. The molecule has 0 radical (unpaired) electrons. The van der Waals surface area contributed by atoms with Crippen LogP contribution in [0.3, 0.4) is 0 Å². The molecule has 3 rings (SSSR count). The number of fused-ring (bicyclic) bond motifs is 1. The Bertz CT molecular complexity index is 1150. The fraction of sp³-hybridized carbons (Fsp3) is 0.393. The van der Waals surface area contributed by atoms with Crippen LogP contribution in [0.15, 0.2) is 65.5 Å². The average Bonchev–Trinajstić information content (AvgIpc) is 2.75. The molecule has 1 aromatic rings. The molecule has 7 nitrogen and oxygen atoms in total. The summed E-state index contributed by atoms with van der Waals surface area (Å²) >= 11 is 0. The first kappa shape index (κ1) is 26.9. The number of nitrogens with zero attached hydrogens (tertiary/aromatic N) is 1. The number of rotatable bonds is 7. The number of nitrogens with one attached hydrogen (secondary N) is 1. The van der Waals surface area contributed by atoms with Gasteiger partial charge in [-0.05, 0) is 61.6 Å². The molecule has 1 unspecified atom stereocenters. The standard InChI is InChI=1S/C28H34FN3O4/c1-17(2)15-32-16-20-13-24(33)19(8-11-25(30)34)12-22(20)26(18-6-9-21(29)10-7-18)23(32)14-31-27(35)36-28(3,4)5/h6-12,16-17,19H,13-15H2,1-5H3,(H2,30,34)(H,31,35)/b11-8+. The molecule has 0 fully saturated rings. The SMILES string of the molecule is CC(C)CN1C=C2CC(=O)C(/C=C/C(N)=O)C=C2C(c2ccc(F)cc2)=C1CNC(=O)OC(C)(C)C. The summed E-state index contributed by atoms with van der Waals surface area (Å²) in [5.74, 6) is -1.40. The third-order valence-corrected chi connectivity index (χ3v) is 5.61. The fourth-order valence-electron chi connectivity index (χ4n) is 4.22. The number of primary amides is 1. The number of hydrogen-bond acceptors (Lipinski definition) is 5. The van der Waals surface area contributed by atoms with Gasteiger partial charge in [-0.3, -0.25) is 9.59 Å². The summed E-state index contributed by atoms with van der Waals surface area (Å²) in [5, 5.41) is 2.85. The molecule has 36 heavy (non-hydrogen) atoms. The van der Waals surface area contributed by atoms with Crippen molar-refractivity contribution in [3.05, 3.63) is 76.9 Å². The zero-order valence-corrected chi connectivity index (χ0v) is 21.4. The number of nitrogens with two attached hydrogens (primary N) is 1. The molecule has 0 bridgehead atoms. The van der Waals surface area contributed by atoms with Gasteiger partial charge in [0.05, 0.1) is 12.5 Å². The first-order chi connectivity index (χ1) is 16.8. The van der Waals surface area contributed by atoms with Crippen molar-refractivity contribution >= 4 is 23.4 Å². The first-order valence-corrected chi connectivity index (χ1v) is 12.0. The van der Waals surface area contributed by atoms with Crippen molar-refractivity contribution in [3.63, 3.8) is 0 Å². The van der Waals surface area contributed by atoms with E-state index in [9.17, 15) is 18.8 Å². The maximum atomic E-state index is 13.8. The van der Waals surface area contributed by atoms with Crippen LogP contribution in [0.2, 0.25) is 0 Å². The van der Waals surface area contributed by atoms with Crippen LogP contribution in [-0.2, 0) is 14.3 Å². The van der Waals surface area contributed by atoms with Gasteiger partial charge in [0, 0.05) is 30.4 Å². The minimum atomic E-state index is -0.651. The third-order valence-electron chi connectivity index (χ3n) is 5.61. The lowest BCUT2D eigenvalue weighted by Crippen LogP contribution is -2.38. The third kappa shape index (κ3) is 6.93. The number of ketones is 1. The number of alkyl carbamates (subject to hydrolysis) is 1. The van der Waals surface area contributed by atoms with Crippen LogP contribution in [-0.4, -0.2) is 41.4 Å². The molecule has 0 saturated carbocycles. The molecule has 0 saturated heterocycles. The second-order valence-corrected chi connectivity index (χ2v) is 10.4. The van der Waals surface area contributed by atoms with Gasteiger partial charge in [0.15, 0.2) is 0 Å². The van der Waals surface area contributed by atoms with E-state index >= 15 is 0 Å². The van der Waals surface area contributed by atoms with Crippen LogP contribution in [0.5, 0.6) is 0 Å². The predicted molar refractivity (Wildman–Crippen MR) is 137 cm³/mol. The van der Waals surface area contributed by atoms with Gasteiger partial charge in [0.25, 0.3) is 0 Å². The van der Waals surface area contributed by atoms with Crippen LogP contribution < -0.4 is 11.1 Å². The zero-order valence-electron chi connectivity index (χ0n) is 21.4. The molecule has 3 N–H and O–H groups in total. The normalized spacial score (nSPS) is 18.2. The predicted octanol–water partition coefficient (Wildman–Crippen LogP) is 4.47. The molecule has 192 valence electrons. The minimum absolute atomic E-state index is 0.0548. The van der Waals surface area contributed by atoms with Crippen molar-refractivity contribution < 1.29 is 23.5 Å². The number of ether oxygens (including phenoxy) is 1. The van der Waals surface area contributed by atoms with E-state index in [-0.39, 0.29) is 30.5 Å². The summed E-state index contributed by atoms with van der Waals surface area (Å²) in [6.45, 7) is 10.3. The van der Waals surface area contributed by atoms with E-state index in [1.807, 2.05) is 11.1 Å². The topological polar surface area (TPSA) is 102 Å². The summed E-state index contributed by atoms with van der Waals surface area (Å²) in [6, 6.07) is 6.12. The van der Waals surface area contributed by atoms with E-state index in [2.05, 4.69) is 19.2 Å². The van der Waals surface area contributed by atoms with E-state index < -0.39 is 23.5 Å². The van der Waals surface area contributed by atoms with Crippen molar-refractivity contribution in [2.75, 3.05) is 13.1 Å². The first-order valence-electron chi connectivity index (χ1n) is 12.0. The Morgan fingerprint density at radius 3 is 2.50 bits per heavy atom. The lowest BCUT2D eigenvalue weighted by atomic mass is 9.78. The maximum absolute atomic E-state index is 13.8. The van der Waals surface area contributed by atoms with Crippen molar-refractivity contribution in [3.8, 4) is 0 Å². The second kappa shape index (κ2) is 10.9. The van der Waals surface area contributed by atoms with Crippen LogP contribution in [0.25, 0.3) is 5.57 Å².